The molecule has 24 heavy (non-hydrogen) atoms. The molecule has 0 aliphatic rings. The molecular weight excluding hydrogens is 304 g/mol. The van der Waals surface area contributed by atoms with Crippen molar-refractivity contribution in [2.24, 2.45) is 0 Å². The maximum atomic E-state index is 11.2. The van der Waals surface area contributed by atoms with E-state index in [-0.39, 0.29) is 10.6 Å². The molecule has 3 aromatic rings. The second-order valence-corrected chi connectivity index (χ2v) is 5.90. The summed E-state index contributed by atoms with van der Waals surface area (Å²) in [7, 11) is 0. The van der Waals surface area contributed by atoms with Crippen LogP contribution >= 0.6 is 0 Å². The summed E-state index contributed by atoms with van der Waals surface area (Å²) < 4.78 is 1.80. The molecule has 6 nitrogen and oxygen atoms in total. The van der Waals surface area contributed by atoms with Crippen molar-refractivity contribution in [1.82, 2.24) is 14.8 Å². The van der Waals surface area contributed by atoms with Crippen LogP contribution < -0.4 is 0 Å². The number of pyridine rings is 1. The van der Waals surface area contributed by atoms with Crippen LogP contribution in [0.5, 0.6) is 0 Å². The average Bonchev–Trinajstić information content (AvgIpc) is 2.89. The molecule has 0 N–H and O–H groups in total. The number of hydrogen-bond donors (Lipinski definition) is 0. The van der Waals surface area contributed by atoms with Crippen LogP contribution in [0.1, 0.15) is 36.8 Å². The lowest BCUT2D eigenvalue weighted by atomic mass is 10.1. The summed E-state index contributed by atoms with van der Waals surface area (Å²) in [6.45, 7) is 4.47. The molecule has 0 atom stereocenters. The molecule has 6 heteroatoms. The topological polar surface area (TPSA) is 73.8 Å². The molecule has 3 rings (SSSR count). The first-order valence-electron chi connectivity index (χ1n) is 8.15. The molecule has 0 amide bonds. The molecule has 0 saturated carbocycles. The first-order chi connectivity index (χ1) is 11.6. The number of nitro groups is 1. The Balaban J connectivity index is 1.96. The Labute approximate surface area is 140 Å². The monoisotopic (exact) mass is 324 g/mol. The number of aryl methyl sites for hydroxylation is 2. The normalized spacial score (nSPS) is 11.1. The van der Waals surface area contributed by atoms with Gasteiger partial charge in [-0.25, -0.2) is 0 Å². The van der Waals surface area contributed by atoms with E-state index in [1.165, 1.54) is 6.07 Å². The highest BCUT2D eigenvalue weighted by Crippen LogP contribution is 2.28. The fourth-order valence-corrected chi connectivity index (χ4v) is 2.94. The van der Waals surface area contributed by atoms with Gasteiger partial charge in [-0.2, -0.15) is 5.10 Å². The van der Waals surface area contributed by atoms with Crippen molar-refractivity contribution < 1.29 is 4.92 Å². The summed E-state index contributed by atoms with van der Waals surface area (Å²) in [6, 6.07) is 11.1. The van der Waals surface area contributed by atoms with Gasteiger partial charge in [0.25, 0.3) is 5.69 Å². The van der Waals surface area contributed by atoms with Gasteiger partial charge in [-0.05, 0) is 38.0 Å². The SMILES string of the molecule is CCCCc1cccc(Cn2nc(C)c3c([N+](=O)[O-])cccc32)n1. The summed E-state index contributed by atoms with van der Waals surface area (Å²) in [6.07, 6.45) is 3.22. The molecule has 124 valence electrons. The van der Waals surface area contributed by atoms with Crippen molar-refractivity contribution in [3.63, 3.8) is 0 Å². The molecule has 2 heterocycles. The van der Waals surface area contributed by atoms with Gasteiger partial charge < -0.3 is 0 Å². The number of nitrogens with zero attached hydrogens (tertiary/aromatic N) is 4. The minimum absolute atomic E-state index is 0.0981. The zero-order chi connectivity index (χ0) is 17.1. The average molecular weight is 324 g/mol. The molecule has 0 unspecified atom stereocenters. The summed E-state index contributed by atoms with van der Waals surface area (Å²) in [5, 5.41) is 16.3. The van der Waals surface area contributed by atoms with Crippen LogP contribution in [-0.4, -0.2) is 19.7 Å². The molecule has 0 bridgehead atoms. The second-order valence-electron chi connectivity index (χ2n) is 5.90. The van der Waals surface area contributed by atoms with Crippen LogP contribution in [0.2, 0.25) is 0 Å². The lowest BCUT2D eigenvalue weighted by molar-refractivity contribution is -0.383. The molecule has 0 fully saturated rings. The molecule has 0 spiro atoms. The van der Waals surface area contributed by atoms with Gasteiger partial charge in [0.05, 0.1) is 28.4 Å². The van der Waals surface area contributed by atoms with Gasteiger partial charge in [-0.1, -0.05) is 25.5 Å². The maximum absolute atomic E-state index is 11.2. The second kappa shape index (κ2) is 6.78. The third-order valence-electron chi connectivity index (χ3n) is 4.09. The van der Waals surface area contributed by atoms with Crippen molar-refractivity contribution in [3.8, 4) is 0 Å². The van der Waals surface area contributed by atoms with Crippen molar-refractivity contribution >= 4 is 16.6 Å². The molecule has 0 aliphatic carbocycles. The summed E-state index contributed by atoms with van der Waals surface area (Å²) in [5.41, 5.74) is 3.52. The lowest BCUT2D eigenvalue weighted by Gasteiger charge is -2.06. The van der Waals surface area contributed by atoms with Gasteiger partial charge in [0, 0.05) is 11.8 Å². The van der Waals surface area contributed by atoms with E-state index in [4.69, 9.17) is 0 Å². The quantitative estimate of drug-likeness (QED) is 0.506. The smallest absolute Gasteiger partial charge is 0.258 e. The fourth-order valence-electron chi connectivity index (χ4n) is 2.94. The Morgan fingerprint density at radius 3 is 2.67 bits per heavy atom. The number of aromatic nitrogens is 3. The van der Waals surface area contributed by atoms with Crippen molar-refractivity contribution in [1.29, 1.82) is 0 Å². The molecular formula is C18H20N4O2. The van der Waals surface area contributed by atoms with Gasteiger partial charge in [-0.3, -0.25) is 19.8 Å². The van der Waals surface area contributed by atoms with E-state index in [9.17, 15) is 10.1 Å². The van der Waals surface area contributed by atoms with E-state index < -0.39 is 0 Å². The lowest BCUT2D eigenvalue weighted by Crippen LogP contribution is -2.05. The van der Waals surface area contributed by atoms with Gasteiger partial charge in [0.15, 0.2) is 0 Å². The van der Waals surface area contributed by atoms with E-state index >= 15 is 0 Å². The Morgan fingerprint density at radius 1 is 1.17 bits per heavy atom. The minimum Gasteiger partial charge on any atom is -0.258 e. The minimum atomic E-state index is -0.356. The predicted molar refractivity (Wildman–Crippen MR) is 93.1 cm³/mol. The van der Waals surface area contributed by atoms with E-state index in [0.29, 0.717) is 17.6 Å². The Bertz CT molecular complexity index is 886. The first kappa shape index (κ1) is 16.1. The van der Waals surface area contributed by atoms with Crippen molar-refractivity contribution in [2.75, 3.05) is 0 Å². The van der Waals surface area contributed by atoms with Crippen LogP contribution in [-0.2, 0) is 13.0 Å². The molecule has 1 aromatic carbocycles. The molecule has 0 radical (unpaired) electrons. The van der Waals surface area contributed by atoms with Crippen LogP contribution in [0.25, 0.3) is 10.9 Å². The van der Waals surface area contributed by atoms with Crippen LogP contribution in [0.3, 0.4) is 0 Å². The third kappa shape index (κ3) is 3.13. The van der Waals surface area contributed by atoms with Gasteiger partial charge in [0.2, 0.25) is 0 Å². The van der Waals surface area contributed by atoms with Gasteiger partial charge in [0.1, 0.15) is 5.39 Å². The first-order valence-corrected chi connectivity index (χ1v) is 8.15. The Morgan fingerprint density at radius 2 is 1.92 bits per heavy atom. The Hall–Kier alpha value is -2.76. The van der Waals surface area contributed by atoms with Crippen LogP contribution in [0, 0.1) is 17.0 Å². The highest BCUT2D eigenvalue weighted by molar-refractivity contribution is 5.90. The Kier molecular flexibility index (Phi) is 4.55. The molecule has 0 aliphatic heterocycles. The third-order valence-corrected chi connectivity index (χ3v) is 4.09. The fraction of sp³-hybridized carbons (Fsp3) is 0.333. The number of benzene rings is 1. The van der Waals surface area contributed by atoms with E-state index in [1.807, 2.05) is 24.3 Å². The summed E-state index contributed by atoms with van der Waals surface area (Å²) >= 11 is 0. The predicted octanol–water partition coefficient (Wildman–Crippen LogP) is 4.04. The number of non-ortho nitro benzene ring substituents is 1. The number of unbranched alkanes of at least 4 members (excludes halogenated alkanes) is 1. The zero-order valence-corrected chi connectivity index (χ0v) is 13.9. The number of fused-ring (bicyclic) bond motifs is 1. The largest absolute Gasteiger partial charge is 0.280 e. The van der Waals surface area contributed by atoms with E-state index in [0.717, 1.165) is 36.2 Å². The highest BCUT2D eigenvalue weighted by Gasteiger charge is 2.18. The number of nitro benzene ring substituents is 1. The van der Waals surface area contributed by atoms with Gasteiger partial charge >= 0.3 is 0 Å². The maximum Gasteiger partial charge on any atom is 0.280 e. The molecule has 0 saturated heterocycles. The summed E-state index contributed by atoms with van der Waals surface area (Å²) in [5.74, 6) is 0. The molecule has 2 aromatic heterocycles. The van der Waals surface area contributed by atoms with Crippen molar-refractivity contribution in [3.05, 3.63) is 63.6 Å². The van der Waals surface area contributed by atoms with Crippen LogP contribution in [0.15, 0.2) is 36.4 Å². The van der Waals surface area contributed by atoms with Gasteiger partial charge in [-0.15, -0.1) is 0 Å². The van der Waals surface area contributed by atoms with E-state index in [1.54, 1.807) is 17.7 Å². The standard InChI is InChI=1S/C18H20N4O2/c1-3-4-7-14-8-5-9-15(19-14)12-21-16-10-6-11-17(22(23)24)18(16)13(2)20-21/h5-6,8-11H,3-4,7,12H2,1-2H3. The highest BCUT2D eigenvalue weighted by atomic mass is 16.6. The van der Waals surface area contributed by atoms with Crippen LogP contribution in [0.4, 0.5) is 5.69 Å². The number of rotatable bonds is 6. The zero-order valence-electron chi connectivity index (χ0n) is 13.9. The van der Waals surface area contributed by atoms with Crippen molar-refractivity contribution in [2.45, 2.75) is 39.7 Å². The van der Waals surface area contributed by atoms with E-state index in [2.05, 4.69) is 17.0 Å². The summed E-state index contributed by atoms with van der Waals surface area (Å²) in [4.78, 5) is 15.6. The number of hydrogen-bond acceptors (Lipinski definition) is 4.